The average molecular weight is 340 g/mol. The Morgan fingerprint density at radius 1 is 1.20 bits per heavy atom. The molecule has 0 saturated carbocycles. The monoisotopic (exact) mass is 340 g/mol. The summed E-state index contributed by atoms with van der Waals surface area (Å²) in [4.78, 5) is 15.0. The van der Waals surface area contributed by atoms with Crippen LogP contribution in [-0.2, 0) is 6.42 Å². The second-order valence-corrected chi connectivity index (χ2v) is 6.76. The van der Waals surface area contributed by atoms with Crippen LogP contribution in [0.25, 0.3) is 0 Å². The second-order valence-electron chi connectivity index (χ2n) is 6.76. The Hall–Kier alpha value is -2.27. The standard InChI is InChI=1S/C20H24N2O3/c23-20(16-6-7-18-15(13-16)8-12-25-18)21-14-17(19-5-4-11-24-19)22-9-2-1-3-10-22/h4-7,11,13,17H,1-3,8-10,12,14H2,(H,21,23)/t17-/m1/s1. The summed E-state index contributed by atoms with van der Waals surface area (Å²) in [5.41, 5.74) is 1.81. The van der Waals surface area contributed by atoms with Crippen molar-refractivity contribution in [1.82, 2.24) is 10.2 Å². The van der Waals surface area contributed by atoms with E-state index in [1.807, 2.05) is 30.3 Å². The third-order valence-electron chi connectivity index (χ3n) is 5.11. The minimum atomic E-state index is -0.0386. The Morgan fingerprint density at radius 3 is 2.88 bits per heavy atom. The molecule has 1 N–H and O–H groups in total. The van der Waals surface area contributed by atoms with E-state index in [0.717, 1.165) is 36.6 Å². The Balaban J connectivity index is 1.44. The number of hydrogen-bond acceptors (Lipinski definition) is 4. The number of furan rings is 1. The number of nitrogens with one attached hydrogen (secondary N) is 1. The van der Waals surface area contributed by atoms with Gasteiger partial charge in [-0.3, -0.25) is 9.69 Å². The Morgan fingerprint density at radius 2 is 2.08 bits per heavy atom. The van der Waals surface area contributed by atoms with Gasteiger partial charge in [-0.05, 0) is 61.8 Å². The first-order valence-corrected chi connectivity index (χ1v) is 9.12. The molecule has 1 aromatic carbocycles. The molecule has 5 nitrogen and oxygen atoms in total. The molecule has 0 aliphatic carbocycles. The van der Waals surface area contributed by atoms with Crippen LogP contribution in [0, 0.1) is 0 Å². The highest BCUT2D eigenvalue weighted by Crippen LogP contribution is 2.27. The van der Waals surface area contributed by atoms with Gasteiger partial charge in [-0.25, -0.2) is 0 Å². The number of piperidine rings is 1. The van der Waals surface area contributed by atoms with Gasteiger partial charge >= 0.3 is 0 Å². The molecule has 1 aromatic heterocycles. The van der Waals surface area contributed by atoms with E-state index in [4.69, 9.17) is 9.15 Å². The smallest absolute Gasteiger partial charge is 0.251 e. The van der Waals surface area contributed by atoms with Crippen LogP contribution in [-0.4, -0.2) is 37.0 Å². The molecule has 1 amide bonds. The summed E-state index contributed by atoms with van der Waals surface area (Å²) < 4.78 is 11.1. The highest BCUT2D eigenvalue weighted by Gasteiger charge is 2.25. The van der Waals surface area contributed by atoms with Crippen molar-refractivity contribution >= 4 is 5.91 Å². The highest BCUT2D eigenvalue weighted by atomic mass is 16.5. The Kier molecular flexibility index (Phi) is 4.74. The third-order valence-corrected chi connectivity index (χ3v) is 5.11. The number of fused-ring (bicyclic) bond motifs is 1. The maximum Gasteiger partial charge on any atom is 0.251 e. The van der Waals surface area contributed by atoms with Crippen molar-refractivity contribution in [2.45, 2.75) is 31.7 Å². The number of nitrogens with zero attached hydrogens (tertiary/aromatic N) is 1. The van der Waals surface area contributed by atoms with Crippen LogP contribution < -0.4 is 10.1 Å². The van der Waals surface area contributed by atoms with Crippen LogP contribution in [0.5, 0.6) is 5.75 Å². The van der Waals surface area contributed by atoms with E-state index in [9.17, 15) is 4.79 Å². The average Bonchev–Trinajstić information content (AvgIpc) is 3.34. The van der Waals surface area contributed by atoms with Gasteiger partial charge in [0.1, 0.15) is 11.5 Å². The molecule has 3 heterocycles. The highest BCUT2D eigenvalue weighted by molar-refractivity contribution is 5.94. The zero-order chi connectivity index (χ0) is 17.1. The lowest BCUT2D eigenvalue weighted by Gasteiger charge is -2.33. The van der Waals surface area contributed by atoms with E-state index >= 15 is 0 Å². The molecule has 1 fully saturated rings. The van der Waals surface area contributed by atoms with Gasteiger partial charge < -0.3 is 14.5 Å². The van der Waals surface area contributed by atoms with Gasteiger partial charge in [0.15, 0.2) is 0 Å². The van der Waals surface area contributed by atoms with Crippen LogP contribution >= 0.6 is 0 Å². The summed E-state index contributed by atoms with van der Waals surface area (Å²) in [5, 5.41) is 3.09. The molecule has 0 radical (unpaired) electrons. The van der Waals surface area contributed by atoms with E-state index in [1.54, 1.807) is 6.26 Å². The van der Waals surface area contributed by atoms with Gasteiger partial charge in [0.25, 0.3) is 5.91 Å². The topological polar surface area (TPSA) is 54.7 Å². The molecule has 0 spiro atoms. The van der Waals surface area contributed by atoms with Gasteiger partial charge in [0.2, 0.25) is 0 Å². The molecule has 0 unspecified atom stereocenters. The van der Waals surface area contributed by atoms with Gasteiger partial charge in [-0.15, -0.1) is 0 Å². The summed E-state index contributed by atoms with van der Waals surface area (Å²) in [5.74, 6) is 1.78. The van der Waals surface area contributed by atoms with Crippen molar-refractivity contribution < 1.29 is 13.9 Å². The van der Waals surface area contributed by atoms with E-state index in [-0.39, 0.29) is 11.9 Å². The first-order chi connectivity index (χ1) is 12.3. The van der Waals surface area contributed by atoms with Crippen molar-refractivity contribution in [2.75, 3.05) is 26.2 Å². The molecule has 2 aliphatic rings. The molecule has 132 valence electrons. The lowest BCUT2D eigenvalue weighted by atomic mass is 10.1. The maximum absolute atomic E-state index is 12.6. The van der Waals surface area contributed by atoms with Crippen LogP contribution in [0.15, 0.2) is 41.0 Å². The normalized spacial score (nSPS) is 18.4. The maximum atomic E-state index is 12.6. The number of likely N-dealkylation sites (tertiary alicyclic amines) is 1. The van der Waals surface area contributed by atoms with E-state index < -0.39 is 0 Å². The molecule has 1 saturated heterocycles. The predicted molar refractivity (Wildman–Crippen MR) is 94.8 cm³/mol. The summed E-state index contributed by atoms with van der Waals surface area (Å²) in [6.45, 7) is 3.37. The van der Waals surface area contributed by atoms with Crippen LogP contribution in [0.4, 0.5) is 0 Å². The quantitative estimate of drug-likeness (QED) is 0.908. The molecule has 1 atom stereocenters. The molecule has 0 bridgehead atoms. The van der Waals surface area contributed by atoms with Crippen molar-refractivity contribution in [3.05, 3.63) is 53.5 Å². The molecule has 25 heavy (non-hydrogen) atoms. The number of benzene rings is 1. The number of rotatable bonds is 5. The fourth-order valence-electron chi connectivity index (χ4n) is 3.74. The van der Waals surface area contributed by atoms with Crippen molar-refractivity contribution in [3.63, 3.8) is 0 Å². The van der Waals surface area contributed by atoms with E-state index in [0.29, 0.717) is 18.7 Å². The minimum absolute atomic E-state index is 0.0386. The lowest BCUT2D eigenvalue weighted by molar-refractivity contribution is 0.0914. The minimum Gasteiger partial charge on any atom is -0.493 e. The van der Waals surface area contributed by atoms with Gasteiger partial charge in [-0.2, -0.15) is 0 Å². The predicted octanol–water partition coefficient (Wildman–Crippen LogP) is 3.17. The molecule has 4 rings (SSSR count). The van der Waals surface area contributed by atoms with Crippen LogP contribution in [0.2, 0.25) is 0 Å². The summed E-state index contributed by atoms with van der Waals surface area (Å²) in [6, 6.07) is 9.68. The SMILES string of the molecule is O=C(NC[C@H](c1ccco1)N1CCCCC1)c1ccc2c(c1)CCO2. The summed E-state index contributed by atoms with van der Waals surface area (Å²) >= 11 is 0. The summed E-state index contributed by atoms with van der Waals surface area (Å²) in [7, 11) is 0. The van der Waals surface area contributed by atoms with E-state index in [1.165, 1.54) is 19.3 Å². The zero-order valence-electron chi connectivity index (χ0n) is 14.4. The molecular weight excluding hydrogens is 316 g/mol. The summed E-state index contributed by atoms with van der Waals surface area (Å²) in [6.07, 6.45) is 6.27. The van der Waals surface area contributed by atoms with Gasteiger partial charge in [0.05, 0.1) is 18.9 Å². The fourth-order valence-corrected chi connectivity index (χ4v) is 3.74. The van der Waals surface area contributed by atoms with Crippen molar-refractivity contribution in [3.8, 4) is 5.75 Å². The number of amides is 1. The van der Waals surface area contributed by atoms with Gasteiger partial charge in [-0.1, -0.05) is 6.42 Å². The Labute approximate surface area is 148 Å². The number of carbonyl (C=O) groups is 1. The number of ether oxygens (including phenoxy) is 1. The van der Waals surface area contributed by atoms with Gasteiger partial charge in [0, 0.05) is 18.5 Å². The van der Waals surface area contributed by atoms with Crippen LogP contribution in [0.3, 0.4) is 0 Å². The molecular formula is C20H24N2O3. The van der Waals surface area contributed by atoms with E-state index in [2.05, 4.69) is 10.2 Å². The molecule has 5 heteroatoms. The first kappa shape index (κ1) is 16.2. The largest absolute Gasteiger partial charge is 0.493 e. The number of hydrogen-bond donors (Lipinski definition) is 1. The van der Waals surface area contributed by atoms with Crippen molar-refractivity contribution in [2.24, 2.45) is 0 Å². The lowest BCUT2D eigenvalue weighted by Crippen LogP contribution is -2.40. The third kappa shape index (κ3) is 3.56. The fraction of sp³-hybridized carbons (Fsp3) is 0.450. The first-order valence-electron chi connectivity index (χ1n) is 9.12. The van der Waals surface area contributed by atoms with Crippen LogP contribution in [0.1, 0.15) is 47.0 Å². The molecule has 2 aromatic rings. The Bertz CT molecular complexity index is 721. The molecule has 2 aliphatic heterocycles. The number of carbonyl (C=O) groups excluding carboxylic acids is 1. The second kappa shape index (κ2) is 7.31. The zero-order valence-corrected chi connectivity index (χ0v) is 14.4. The van der Waals surface area contributed by atoms with Crippen molar-refractivity contribution in [1.29, 1.82) is 0 Å².